The molecular weight excluding hydrogens is 499 g/mol. The summed E-state index contributed by atoms with van der Waals surface area (Å²) in [5.41, 5.74) is 5.83. The van der Waals surface area contributed by atoms with Crippen molar-refractivity contribution in [1.29, 1.82) is 0 Å². The molecule has 2 aromatic heterocycles. The fourth-order valence-electron chi connectivity index (χ4n) is 3.68. The summed E-state index contributed by atoms with van der Waals surface area (Å²) < 4.78 is 40.8. The fourth-order valence-corrected chi connectivity index (χ4v) is 3.68. The number of rotatable bonds is 10. The van der Waals surface area contributed by atoms with Gasteiger partial charge < -0.3 is 20.9 Å². The summed E-state index contributed by atoms with van der Waals surface area (Å²) in [5, 5.41) is 11.0. The van der Waals surface area contributed by atoms with Crippen LogP contribution in [0.2, 0.25) is 0 Å². The molecule has 3 rings (SSSR count). The number of imidazole rings is 1. The van der Waals surface area contributed by atoms with Crippen LogP contribution in [0.4, 0.5) is 18.9 Å². The molecule has 0 saturated carbocycles. The minimum absolute atomic E-state index is 0. The number of carbonyl (C=O) groups excluding carboxylic acids is 2. The molecule has 3 aromatic rings. The molecule has 0 bridgehead atoms. The highest BCUT2D eigenvalue weighted by Crippen LogP contribution is 2.35. The highest BCUT2D eigenvalue weighted by molar-refractivity contribution is 6.03. The van der Waals surface area contributed by atoms with Crippen molar-refractivity contribution in [3.8, 4) is 11.3 Å². The van der Waals surface area contributed by atoms with Gasteiger partial charge in [0.25, 0.3) is 11.8 Å². The van der Waals surface area contributed by atoms with E-state index in [-0.39, 0.29) is 35.4 Å². The van der Waals surface area contributed by atoms with E-state index in [4.69, 9.17) is 5.73 Å². The van der Waals surface area contributed by atoms with E-state index in [1.807, 2.05) is 0 Å². The smallest absolute Gasteiger partial charge is 0.352 e. The van der Waals surface area contributed by atoms with Crippen LogP contribution < -0.4 is 16.4 Å². The van der Waals surface area contributed by atoms with E-state index in [0.717, 1.165) is 31.9 Å². The fraction of sp³-hybridized carbons (Fsp3) is 0.391. The number of carbonyl (C=O) groups is 2. The van der Waals surface area contributed by atoms with Gasteiger partial charge in [-0.3, -0.25) is 14.7 Å². The lowest BCUT2D eigenvalue weighted by Crippen LogP contribution is -2.25. The number of hydrogen-bond donors (Lipinski definition) is 4. The third-order valence-electron chi connectivity index (χ3n) is 5.52. The first kappa shape index (κ1) is 28.9. The third kappa shape index (κ3) is 6.85. The molecule has 0 atom stereocenters. The quantitative estimate of drug-likeness (QED) is 0.295. The second kappa shape index (κ2) is 12.5. The Balaban J connectivity index is 0.00000456. The topological polar surface area (TPSA) is 131 Å². The van der Waals surface area contributed by atoms with Gasteiger partial charge in [0.1, 0.15) is 0 Å². The molecule has 0 radical (unpaired) electrons. The predicted molar refractivity (Wildman–Crippen MR) is 132 cm³/mol. The zero-order valence-corrected chi connectivity index (χ0v) is 20.7. The van der Waals surface area contributed by atoms with Gasteiger partial charge in [0.05, 0.1) is 17.5 Å². The van der Waals surface area contributed by atoms with Crippen LogP contribution in [-0.2, 0) is 13.2 Å². The monoisotopic (exact) mass is 527 g/mol. The van der Waals surface area contributed by atoms with E-state index in [1.54, 1.807) is 25.1 Å². The number of halogens is 4. The number of alkyl halides is 3. The van der Waals surface area contributed by atoms with Gasteiger partial charge in [-0.2, -0.15) is 18.3 Å². The van der Waals surface area contributed by atoms with Crippen LogP contribution in [0, 0.1) is 6.92 Å². The summed E-state index contributed by atoms with van der Waals surface area (Å²) in [6.45, 7) is 2.98. The number of nitrogens with zero attached hydrogens (tertiary/aromatic N) is 3. The lowest BCUT2D eigenvalue weighted by Gasteiger charge is -2.11. The molecule has 196 valence electrons. The van der Waals surface area contributed by atoms with Crippen LogP contribution in [0.15, 0.2) is 30.6 Å². The van der Waals surface area contributed by atoms with Crippen LogP contribution in [-0.4, -0.2) is 44.7 Å². The molecule has 2 amide bonds. The molecule has 0 saturated heterocycles. The number of amides is 2. The molecule has 36 heavy (non-hydrogen) atoms. The normalized spacial score (nSPS) is 11.2. The van der Waals surface area contributed by atoms with Gasteiger partial charge in [0.2, 0.25) is 0 Å². The minimum Gasteiger partial charge on any atom is -0.352 e. The van der Waals surface area contributed by atoms with Crippen molar-refractivity contribution in [3.63, 3.8) is 0 Å². The van der Waals surface area contributed by atoms with E-state index in [9.17, 15) is 22.8 Å². The number of anilines is 1. The molecular formula is C23H29ClF3N7O2. The van der Waals surface area contributed by atoms with Crippen molar-refractivity contribution in [1.82, 2.24) is 25.1 Å². The van der Waals surface area contributed by atoms with E-state index in [1.165, 1.54) is 17.8 Å². The number of hydrogen-bond acceptors (Lipinski definition) is 5. The van der Waals surface area contributed by atoms with Crippen LogP contribution in [0.5, 0.6) is 0 Å². The van der Waals surface area contributed by atoms with Gasteiger partial charge in [0, 0.05) is 31.0 Å². The number of aromatic nitrogens is 4. The Bertz CT molecular complexity index is 1190. The molecule has 0 fully saturated rings. The molecule has 0 aliphatic heterocycles. The maximum atomic E-state index is 13.2. The number of aromatic amines is 1. The SMILES string of the molecule is Cc1cc(NC(=O)c2ncc(-c3c[nH]nc3C(F)(F)F)n2C)ccc1C(=O)NCCCCCCN.Cl. The lowest BCUT2D eigenvalue weighted by molar-refractivity contribution is -0.140. The Kier molecular flexibility index (Phi) is 10.1. The summed E-state index contributed by atoms with van der Waals surface area (Å²) in [7, 11) is 1.44. The largest absolute Gasteiger partial charge is 0.435 e. The molecule has 13 heteroatoms. The maximum Gasteiger partial charge on any atom is 0.435 e. The second-order valence-electron chi connectivity index (χ2n) is 8.11. The van der Waals surface area contributed by atoms with Crippen molar-refractivity contribution in [2.45, 2.75) is 38.8 Å². The standard InChI is InChI=1S/C23H28F3N7O2.ClH/c1-14-11-15(7-8-16(14)21(34)28-10-6-4-3-5-9-27)31-22(35)20-29-13-18(33(20)2)17-12-30-32-19(17)23(24,25)26;/h7-8,11-13H,3-6,9-10,27H2,1-2H3,(H,28,34)(H,30,32)(H,31,35);1H. The second-order valence-corrected chi connectivity index (χ2v) is 8.11. The van der Waals surface area contributed by atoms with Gasteiger partial charge in [-0.25, -0.2) is 4.98 Å². The molecule has 0 spiro atoms. The predicted octanol–water partition coefficient (Wildman–Crippen LogP) is 4.06. The zero-order valence-electron chi connectivity index (χ0n) is 19.9. The van der Waals surface area contributed by atoms with Gasteiger partial charge in [-0.05, 0) is 50.1 Å². The van der Waals surface area contributed by atoms with Crippen molar-refractivity contribution in [2.24, 2.45) is 12.8 Å². The van der Waals surface area contributed by atoms with E-state index in [2.05, 4.69) is 25.8 Å². The molecule has 0 aliphatic carbocycles. The van der Waals surface area contributed by atoms with Crippen molar-refractivity contribution in [2.75, 3.05) is 18.4 Å². The summed E-state index contributed by atoms with van der Waals surface area (Å²) >= 11 is 0. The number of nitrogens with one attached hydrogen (secondary N) is 3. The summed E-state index contributed by atoms with van der Waals surface area (Å²) in [5.74, 6) is -0.887. The summed E-state index contributed by atoms with van der Waals surface area (Å²) in [6.07, 6.45) is 1.50. The van der Waals surface area contributed by atoms with Crippen LogP contribution >= 0.6 is 12.4 Å². The van der Waals surface area contributed by atoms with Crippen molar-refractivity contribution < 1.29 is 22.8 Å². The highest BCUT2D eigenvalue weighted by Gasteiger charge is 2.37. The molecule has 0 aliphatic rings. The number of nitrogens with two attached hydrogens (primary N) is 1. The number of H-pyrrole nitrogens is 1. The van der Waals surface area contributed by atoms with Crippen LogP contribution in [0.1, 0.15) is 57.9 Å². The van der Waals surface area contributed by atoms with Gasteiger partial charge in [0.15, 0.2) is 11.5 Å². The Morgan fingerprint density at radius 2 is 1.86 bits per heavy atom. The molecule has 9 nitrogen and oxygen atoms in total. The molecule has 2 heterocycles. The third-order valence-corrected chi connectivity index (χ3v) is 5.52. The van der Waals surface area contributed by atoms with Crippen LogP contribution in [0.25, 0.3) is 11.3 Å². The van der Waals surface area contributed by atoms with Crippen LogP contribution in [0.3, 0.4) is 0 Å². The Labute approximate surface area is 212 Å². The number of benzene rings is 1. The molecule has 0 unspecified atom stereocenters. The zero-order chi connectivity index (χ0) is 25.6. The summed E-state index contributed by atoms with van der Waals surface area (Å²) in [6, 6.07) is 4.85. The molecule has 5 N–H and O–H groups in total. The summed E-state index contributed by atoms with van der Waals surface area (Å²) in [4.78, 5) is 29.2. The first-order valence-electron chi connectivity index (χ1n) is 11.2. The average Bonchev–Trinajstić information content (AvgIpc) is 3.42. The average molecular weight is 528 g/mol. The lowest BCUT2D eigenvalue weighted by atomic mass is 10.1. The Morgan fingerprint density at radius 1 is 1.14 bits per heavy atom. The van der Waals surface area contributed by atoms with Gasteiger partial charge >= 0.3 is 6.18 Å². The van der Waals surface area contributed by atoms with Gasteiger partial charge in [-0.15, -0.1) is 12.4 Å². The minimum atomic E-state index is -4.65. The number of aryl methyl sites for hydroxylation is 1. The van der Waals surface area contributed by atoms with E-state index in [0.29, 0.717) is 29.9 Å². The van der Waals surface area contributed by atoms with Gasteiger partial charge in [-0.1, -0.05) is 12.8 Å². The van der Waals surface area contributed by atoms with Crippen molar-refractivity contribution in [3.05, 3.63) is 53.2 Å². The Morgan fingerprint density at radius 3 is 2.53 bits per heavy atom. The van der Waals surface area contributed by atoms with E-state index < -0.39 is 17.8 Å². The number of unbranched alkanes of at least 4 members (excludes halogenated alkanes) is 3. The maximum absolute atomic E-state index is 13.2. The van der Waals surface area contributed by atoms with Crippen molar-refractivity contribution >= 4 is 29.9 Å². The first-order chi connectivity index (χ1) is 16.6. The van der Waals surface area contributed by atoms with E-state index >= 15 is 0 Å². The Hall–Kier alpha value is -3.38. The first-order valence-corrected chi connectivity index (χ1v) is 11.2. The highest BCUT2D eigenvalue weighted by atomic mass is 35.5. The molecule has 1 aromatic carbocycles.